The van der Waals surface area contributed by atoms with Crippen molar-refractivity contribution < 1.29 is 9.32 Å². The van der Waals surface area contributed by atoms with Gasteiger partial charge < -0.3 is 14.7 Å². The largest absolute Gasteiger partial charge is 0.342 e. The lowest BCUT2D eigenvalue weighted by Gasteiger charge is -2.38. The lowest BCUT2D eigenvalue weighted by atomic mass is 9.93. The van der Waals surface area contributed by atoms with Gasteiger partial charge in [0, 0.05) is 31.0 Å². The molecule has 2 heterocycles. The Balaban J connectivity index is 1.54. The maximum absolute atomic E-state index is 12.2. The number of aromatic nitrogens is 2. The van der Waals surface area contributed by atoms with Crippen molar-refractivity contribution in [2.24, 2.45) is 11.8 Å². The Morgan fingerprint density at radius 1 is 1.30 bits per heavy atom. The molecule has 2 aliphatic rings. The van der Waals surface area contributed by atoms with Crippen molar-refractivity contribution in [1.29, 1.82) is 0 Å². The third-order valence-electron chi connectivity index (χ3n) is 4.95. The number of likely N-dealkylation sites (tertiary alicyclic amines) is 1. The Morgan fingerprint density at radius 2 is 2.04 bits per heavy atom. The van der Waals surface area contributed by atoms with Crippen molar-refractivity contribution in [3.8, 4) is 0 Å². The summed E-state index contributed by atoms with van der Waals surface area (Å²) in [6.07, 6.45) is 3.14. The number of nitrogens with zero attached hydrogens (tertiary/aromatic N) is 3. The molecule has 1 aromatic rings. The Hall–Kier alpha value is -1.43. The molecule has 0 aromatic carbocycles. The van der Waals surface area contributed by atoms with E-state index in [1.165, 1.54) is 0 Å². The van der Waals surface area contributed by atoms with E-state index in [0.29, 0.717) is 29.7 Å². The highest BCUT2D eigenvalue weighted by molar-refractivity contribution is 5.81. The SMILES string of the molecule is CC(C)c1noc(C(C)NC2CCN(C(=O)C3CC3)CC2C)n1. The van der Waals surface area contributed by atoms with E-state index in [-0.39, 0.29) is 12.0 Å². The van der Waals surface area contributed by atoms with Crippen LogP contribution < -0.4 is 5.32 Å². The Labute approximate surface area is 138 Å². The van der Waals surface area contributed by atoms with Gasteiger partial charge in [0.2, 0.25) is 11.8 Å². The maximum atomic E-state index is 12.2. The molecule has 1 aliphatic heterocycles. The molecule has 1 aliphatic carbocycles. The van der Waals surface area contributed by atoms with Gasteiger partial charge in [0.05, 0.1) is 6.04 Å². The van der Waals surface area contributed by atoms with Crippen molar-refractivity contribution in [2.75, 3.05) is 13.1 Å². The van der Waals surface area contributed by atoms with E-state index in [1.807, 2.05) is 0 Å². The van der Waals surface area contributed by atoms with E-state index in [9.17, 15) is 4.79 Å². The second-order valence-corrected chi connectivity index (χ2v) is 7.46. The molecule has 1 N–H and O–H groups in total. The van der Waals surface area contributed by atoms with Crippen molar-refractivity contribution in [1.82, 2.24) is 20.4 Å². The number of carbonyl (C=O) groups is 1. The Morgan fingerprint density at radius 3 is 2.61 bits per heavy atom. The molecule has 128 valence electrons. The number of nitrogens with one attached hydrogen (secondary N) is 1. The first kappa shape index (κ1) is 16.4. The summed E-state index contributed by atoms with van der Waals surface area (Å²) in [7, 11) is 0. The number of carbonyl (C=O) groups excluding carboxylic acids is 1. The summed E-state index contributed by atoms with van der Waals surface area (Å²) in [5.41, 5.74) is 0. The fourth-order valence-corrected chi connectivity index (χ4v) is 3.23. The molecule has 3 atom stereocenters. The van der Waals surface area contributed by atoms with Crippen molar-refractivity contribution in [3.63, 3.8) is 0 Å². The highest BCUT2D eigenvalue weighted by atomic mass is 16.5. The minimum absolute atomic E-state index is 0.0353. The molecule has 0 spiro atoms. The Kier molecular flexibility index (Phi) is 4.71. The first-order valence-electron chi connectivity index (χ1n) is 8.84. The predicted octanol–water partition coefficient (Wildman–Crippen LogP) is 2.49. The number of rotatable bonds is 5. The summed E-state index contributed by atoms with van der Waals surface area (Å²) in [6.45, 7) is 10.1. The van der Waals surface area contributed by atoms with Crippen molar-refractivity contribution >= 4 is 5.91 Å². The van der Waals surface area contributed by atoms with Gasteiger partial charge in [-0.2, -0.15) is 4.98 Å². The standard InChI is InChI=1S/C17H28N4O2/c1-10(2)15-19-16(23-20-15)12(4)18-14-7-8-21(9-11(14)3)17(22)13-5-6-13/h10-14,18H,5-9H2,1-4H3. The molecule has 3 unspecified atom stereocenters. The van der Waals surface area contributed by atoms with Crippen LogP contribution in [0.4, 0.5) is 0 Å². The topological polar surface area (TPSA) is 71.3 Å². The van der Waals surface area contributed by atoms with E-state index in [1.54, 1.807) is 0 Å². The normalized spacial score (nSPS) is 26.6. The first-order chi connectivity index (χ1) is 11.0. The quantitative estimate of drug-likeness (QED) is 0.902. The fraction of sp³-hybridized carbons (Fsp3) is 0.824. The van der Waals surface area contributed by atoms with Gasteiger partial charge in [-0.3, -0.25) is 4.79 Å². The summed E-state index contributed by atoms with van der Waals surface area (Å²) in [5, 5.41) is 7.64. The van der Waals surface area contributed by atoms with Crippen LogP contribution in [0.15, 0.2) is 4.52 Å². The van der Waals surface area contributed by atoms with Crippen LogP contribution in [0.25, 0.3) is 0 Å². The highest BCUT2D eigenvalue weighted by Gasteiger charge is 2.37. The molecule has 23 heavy (non-hydrogen) atoms. The van der Waals surface area contributed by atoms with E-state index in [0.717, 1.165) is 38.2 Å². The van der Waals surface area contributed by atoms with Gasteiger partial charge in [0.25, 0.3) is 0 Å². The smallest absolute Gasteiger partial charge is 0.243 e. The van der Waals surface area contributed by atoms with Crippen LogP contribution in [-0.2, 0) is 4.79 Å². The summed E-state index contributed by atoms with van der Waals surface area (Å²) < 4.78 is 5.38. The summed E-state index contributed by atoms with van der Waals surface area (Å²) in [4.78, 5) is 18.7. The third kappa shape index (κ3) is 3.74. The molecule has 1 saturated heterocycles. The molecule has 2 fully saturated rings. The van der Waals surface area contributed by atoms with Gasteiger partial charge in [-0.25, -0.2) is 0 Å². The van der Waals surface area contributed by atoms with E-state index in [2.05, 4.69) is 48.1 Å². The molecular weight excluding hydrogens is 292 g/mol. The molecule has 1 amide bonds. The van der Waals surface area contributed by atoms with E-state index in [4.69, 9.17) is 4.52 Å². The summed E-state index contributed by atoms with van der Waals surface area (Å²) >= 11 is 0. The third-order valence-corrected chi connectivity index (χ3v) is 4.95. The van der Waals surface area contributed by atoms with Gasteiger partial charge in [0.15, 0.2) is 5.82 Å². The van der Waals surface area contributed by atoms with Gasteiger partial charge in [0.1, 0.15) is 0 Å². The molecule has 3 rings (SSSR count). The summed E-state index contributed by atoms with van der Waals surface area (Å²) in [6, 6.07) is 0.413. The average Bonchev–Trinajstić information content (AvgIpc) is 3.24. The Bertz CT molecular complexity index is 553. The molecular formula is C17H28N4O2. The first-order valence-corrected chi connectivity index (χ1v) is 8.84. The zero-order valence-electron chi connectivity index (χ0n) is 14.6. The zero-order valence-corrected chi connectivity index (χ0v) is 14.6. The highest BCUT2D eigenvalue weighted by Crippen LogP contribution is 2.32. The zero-order chi connectivity index (χ0) is 16.6. The average molecular weight is 320 g/mol. The van der Waals surface area contributed by atoms with Gasteiger partial charge >= 0.3 is 0 Å². The second-order valence-electron chi connectivity index (χ2n) is 7.46. The summed E-state index contributed by atoms with van der Waals surface area (Å²) in [5.74, 6) is 2.79. The van der Waals surface area contributed by atoms with Gasteiger partial charge in [-0.05, 0) is 32.1 Å². The second kappa shape index (κ2) is 6.59. The van der Waals surface area contributed by atoms with Crippen molar-refractivity contribution in [3.05, 3.63) is 11.7 Å². The monoisotopic (exact) mass is 320 g/mol. The molecule has 1 aromatic heterocycles. The van der Waals surface area contributed by atoms with Crippen LogP contribution in [0.3, 0.4) is 0 Å². The number of piperidine rings is 1. The minimum Gasteiger partial charge on any atom is -0.342 e. The van der Waals surface area contributed by atoms with Crippen LogP contribution in [0.5, 0.6) is 0 Å². The predicted molar refractivity (Wildman–Crippen MR) is 86.8 cm³/mol. The minimum atomic E-state index is 0.0353. The molecule has 6 nitrogen and oxygen atoms in total. The van der Waals surface area contributed by atoms with Crippen LogP contribution >= 0.6 is 0 Å². The maximum Gasteiger partial charge on any atom is 0.243 e. The number of hydrogen-bond donors (Lipinski definition) is 1. The van der Waals surface area contributed by atoms with Gasteiger partial charge in [-0.15, -0.1) is 0 Å². The van der Waals surface area contributed by atoms with E-state index < -0.39 is 0 Å². The van der Waals surface area contributed by atoms with Crippen molar-refractivity contribution in [2.45, 2.75) is 65.0 Å². The number of hydrogen-bond acceptors (Lipinski definition) is 5. The molecule has 0 bridgehead atoms. The van der Waals surface area contributed by atoms with Crippen LogP contribution in [-0.4, -0.2) is 40.1 Å². The molecule has 6 heteroatoms. The fourth-order valence-electron chi connectivity index (χ4n) is 3.23. The molecule has 0 radical (unpaired) electrons. The molecule has 1 saturated carbocycles. The van der Waals surface area contributed by atoms with Gasteiger partial charge in [-0.1, -0.05) is 25.9 Å². The number of amides is 1. The lowest BCUT2D eigenvalue weighted by Crippen LogP contribution is -2.51. The van der Waals surface area contributed by atoms with E-state index >= 15 is 0 Å². The van der Waals surface area contributed by atoms with Crippen LogP contribution in [0.1, 0.15) is 70.6 Å². The lowest BCUT2D eigenvalue weighted by molar-refractivity contribution is -0.134. The van der Waals surface area contributed by atoms with Crippen LogP contribution in [0.2, 0.25) is 0 Å². The van der Waals surface area contributed by atoms with Crippen LogP contribution in [0, 0.1) is 11.8 Å².